The lowest BCUT2D eigenvalue weighted by molar-refractivity contribution is 1.26. The Morgan fingerprint density at radius 1 is 0.188 bits per heavy atom. The van der Waals surface area contributed by atoms with Crippen LogP contribution in [0.1, 0.15) is 0 Å². The summed E-state index contributed by atoms with van der Waals surface area (Å²) in [6.07, 6.45) is 0. The first-order valence-electron chi connectivity index (χ1n) is 21.9. The second-order valence-electron chi connectivity index (χ2n) is 16.2. The number of nitrogens with zero attached hydrogens (tertiary/aromatic N) is 2. The minimum atomic E-state index is 1.07. The highest BCUT2D eigenvalue weighted by atomic mass is 15.2. The van der Waals surface area contributed by atoms with E-state index in [0.29, 0.717) is 0 Å². The molecular formula is C62H44N2. The summed E-state index contributed by atoms with van der Waals surface area (Å²) in [5.41, 5.74) is 16.1. The van der Waals surface area contributed by atoms with Gasteiger partial charge in [0.05, 0.1) is 5.69 Å². The van der Waals surface area contributed by atoms with Crippen LogP contribution in [0.15, 0.2) is 267 Å². The first-order chi connectivity index (χ1) is 31.7. The fourth-order valence-electron chi connectivity index (χ4n) is 8.97. The zero-order chi connectivity index (χ0) is 42.7. The van der Waals surface area contributed by atoms with Gasteiger partial charge in [-0.15, -0.1) is 0 Å². The third-order valence-corrected chi connectivity index (χ3v) is 12.2. The van der Waals surface area contributed by atoms with Crippen molar-refractivity contribution >= 4 is 55.7 Å². The fourth-order valence-corrected chi connectivity index (χ4v) is 8.97. The first-order valence-corrected chi connectivity index (χ1v) is 21.9. The maximum Gasteiger partial charge on any atom is 0.0540 e. The summed E-state index contributed by atoms with van der Waals surface area (Å²) in [7, 11) is 0. The summed E-state index contributed by atoms with van der Waals surface area (Å²) >= 11 is 0. The SMILES string of the molecule is c1ccc(-c2ccc(N(c3ccc(-c4cc(-c5ccccc5)cc(-c5ccccc5)c4)cc3)c3ccc(N(c4ccc5ccccc5c4)c4cccc5ccccc45)cc3)cc2)cc1. The number of hydrogen-bond acceptors (Lipinski definition) is 2. The second-order valence-corrected chi connectivity index (χ2v) is 16.2. The van der Waals surface area contributed by atoms with Gasteiger partial charge in [-0.3, -0.25) is 0 Å². The summed E-state index contributed by atoms with van der Waals surface area (Å²) in [5.74, 6) is 0. The lowest BCUT2D eigenvalue weighted by Gasteiger charge is -2.29. The molecule has 11 aromatic carbocycles. The molecular weight excluding hydrogens is 773 g/mol. The number of hydrogen-bond donors (Lipinski definition) is 0. The van der Waals surface area contributed by atoms with Crippen LogP contribution in [0.5, 0.6) is 0 Å². The van der Waals surface area contributed by atoms with E-state index in [-0.39, 0.29) is 0 Å². The minimum absolute atomic E-state index is 1.07. The molecule has 64 heavy (non-hydrogen) atoms. The third kappa shape index (κ3) is 7.70. The molecule has 2 heteroatoms. The van der Waals surface area contributed by atoms with Gasteiger partial charge in [-0.2, -0.15) is 0 Å². The summed E-state index contributed by atoms with van der Waals surface area (Å²) in [6, 6.07) is 96.3. The van der Waals surface area contributed by atoms with Crippen LogP contribution in [0.4, 0.5) is 34.1 Å². The van der Waals surface area contributed by atoms with Gasteiger partial charge in [0.25, 0.3) is 0 Å². The maximum absolute atomic E-state index is 2.39. The van der Waals surface area contributed by atoms with E-state index in [1.54, 1.807) is 0 Å². The van der Waals surface area contributed by atoms with Crippen LogP contribution in [-0.2, 0) is 0 Å². The van der Waals surface area contributed by atoms with Crippen molar-refractivity contribution in [3.63, 3.8) is 0 Å². The van der Waals surface area contributed by atoms with Gasteiger partial charge in [0.15, 0.2) is 0 Å². The largest absolute Gasteiger partial charge is 0.311 e. The van der Waals surface area contributed by atoms with Crippen molar-refractivity contribution in [3.8, 4) is 44.5 Å². The topological polar surface area (TPSA) is 6.48 Å². The highest BCUT2D eigenvalue weighted by Gasteiger charge is 2.19. The molecule has 0 fully saturated rings. The monoisotopic (exact) mass is 816 g/mol. The van der Waals surface area contributed by atoms with Crippen LogP contribution in [0.3, 0.4) is 0 Å². The highest BCUT2D eigenvalue weighted by molar-refractivity contribution is 6.00. The molecule has 2 nitrogen and oxygen atoms in total. The number of anilines is 6. The van der Waals surface area contributed by atoms with Gasteiger partial charge in [-0.1, -0.05) is 182 Å². The molecule has 0 amide bonds. The molecule has 0 heterocycles. The Kier molecular flexibility index (Phi) is 10.3. The second kappa shape index (κ2) is 17.1. The lowest BCUT2D eigenvalue weighted by atomic mass is 9.93. The molecule has 0 aliphatic heterocycles. The molecule has 0 unspecified atom stereocenters. The molecule has 302 valence electrons. The van der Waals surface area contributed by atoms with Crippen LogP contribution in [-0.4, -0.2) is 0 Å². The van der Waals surface area contributed by atoms with Crippen LogP contribution in [0.25, 0.3) is 66.1 Å². The van der Waals surface area contributed by atoms with Crippen molar-refractivity contribution in [2.75, 3.05) is 9.80 Å². The van der Waals surface area contributed by atoms with Gasteiger partial charge in [0.1, 0.15) is 0 Å². The van der Waals surface area contributed by atoms with Crippen LogP contribution < -0.4 is 9.80 Å². The van der Waals surface area contributed by atoms with Crippen molar-refractivity contribution in [2.45, 2.75) is 0 Å². The zero-order valence-electron chi connectivity index (χ0n) is 35.3. The molecule has 0 aliphatic rings. The van der Waals surface area contributed by atoms with Crippen molar-refractivity contribution in [1.82, 2.24) is 0 Å². The fraction of sp³-hybridized carbons (Fsp3) is 0. The standard InChI is InChI=1S/C62H44N2/c1-4-15-45(16-5-1)49-27-32-56(33-28-49)63(57-34-29-50(30-35-57)55-42-53(46-17-6-2-7-18-46)41-54(43-55)47-19-8-3-9-20-47)58-37-39-59(40-38-58)64(60-36-31-48-21-10-11-23-52(48)44-60)62-26-14-24-51-22-12-13-25-61(51)62/h1-44H. The van der Waals surface area contributed by atoms with Crippen molar-refractivity contribution in [1.29, 1.82) is 0 Å². The van der Waals surface area contributed by atoms with E-state index >= 15 is 0 Å². The van der Waals surface area contributed by atoms with E-state index in [4.69, 9.17) is 0 Å². The Labute approximate surface area is 375 Å². The highest BCUT2D eigenvalue weighted by Crippen LogP contribution is 2.43. The van der Waals surface area contributed by atoms with Crippen LogP contribution in [0, 0.1) is 0 Å². The molecule has 0 atom stereocenters. The summed E-state index contributed by atoms with van der Waals surface area (Å²) in [5, 5.41) is 4.84. The van der Waals surface area contributed by atoms with Crippen LogP contribution in [0.2, 0.25) is 0 Å². The summed E-state index contributed by atoms with van der Waals surface area (Å²) < 4.78 is 0. The molecule has 0 bridgehead atoms. The Bertz CT molecular complexity index is 3280. The van der Waals surface area contributed by atoms with E-state index in [0.717, 1.165) is 39.7 Å². The minimum Gasteiger partial charge on any atom is -0.311 e. The summed E-state index contributed by atoms with van der Waals surface area (Å²) in [4.78, 5) is 4.75. The van der Waals surface area contributed by atoms with Gasteiger partial charge in [-0.25, -0.2) is 0 Å². The molecule has 0 saturated carbocycles. The van der Waals surface area contributed by atoms with Gasteiger partial charge in [0.2, 0.25) is 0 Å². The average Bonchev–Trinajstić information content (AvgIpc) is 3.38. The van der Waals surface area contributed by atoms with Crippen LogP contribution >= 0.6 is 0 Å². The maximum atomic E-state index is 2.39. The molecule has 11 aromatic rings. The van der Waals surface area contributed by atoms with E-state index in [9.17, 15) is 0 Å². The predicted molar refractivity (Wildman–Crippen MR) is 273 cm³/mol. The Balaban J connectivity index is 1.01. The van der Waals surface area contributed by atoms with E-state index in [2.05, 4.69) is 277 Å². The normalized spacial score (nSPS) is 11.1. The molecule has 11 rings (SSSR count). The zero-order valence-corrected chi connectivity index (χ0v) is 35.3. The van der Waals surface area contributed by atoms with Crippen molar-refractivity contribution in [3.05, 3.63) is 267 Å². The van der Waals surface area contributed by atoms with E-state index in [1.165, 1.54) is 60.5 Å². The van der Waals surface area contributed by atoms with Gasteiger partial charge in [-0.05, 0) is 146 Å². The summed E-state index contributed by atoms with van der Waals surface area (Å²) in [6.45, 7) is 0. The third-order valence-electron chi connectivity index (χ3n) is 12.2. The Morgan fingerprint density at radius 3 is 1.08 bits per heavy atom. The smallest absolute Gasteiger partial charge is 0.0540 e. The van der Waals surface area contributed by atoms with E-state index < -0.39 is 0 Å². The Morgan fingerprint density at radius 2 is 0.547 bits per heavy atom. The van der Waals surface area contributed by atoms with Gasteiger partial charge in [0, 0.05) is 33.8 Å². The first kappa shape index (κ1) is 38.5. The Hall–Kier alpha value is -8.46. The number of benzene rings is 11. The number of fused-ring (bicyclic) bond motifs is 2. The predicted octanol–water partition coefficient (Wildman–Crippen LogP) is 17.6. The van der Waals surface area contributed by atoms with Crippen molar-refractivity contribution in [2.24, 2.45) is 0 Å². The molecule has 0 radical (unpaired) electrons. The molecule has 0 aliphatic carbocycles. The average molecular weight is 817 g/mol. The molecule has 0 saturated heterocycles. The van der Waals surface area contributed by atoms with Gasteiger partial charge < -0.3 is 9.80 Å². The number of rotatable bonds is 10. The molecule has 0 N–H and O–H groups in total. The van der Waals surface area contributed by atoms with Gasteiger partial charge >= 0.3 is 0 Å². The van der Waals surface area contributed by atoms with Crippen molar-refractivity contribution < 1.29 is 0 Å². The molecule has 0 aromatic heterocycles. The quantitative estimate of drug-likeness (QED) is 0.136. The molecule has 0 spiro atoms. The van der Waals surface area contributed by atoms with E-state index in [1.807, 2.05) is 0 Å². The lowest BCUT2D eigenvalue weighted by Crippen LogP contribution is -2.12.